The van der Waals surface area contributed by atoms with E-state index in [9.17, 15) is 13.2 Å². The van der Waals surface area contributed by atoms with Crippen LogP contribution in [0.25, 0.3) is 0 Å². The standard InChI is InChI=1S/C10H12ClNO3S2/c1-7-9(17(11,14)15)6-8(16-7)10(13)12-4-2-3-5-12/h6H,2-5H2,1H3. The molecule has 1 aromatic heterocycles. The highest BCUT2D eigenvalue weighted by atomic mass is 35.7. The van der Waals surface area contributed by atoms with Crippen molar-refractivity contribution in [1.29, 1.82) is 0 Å². The van der Waals surface area contributed by atoms with Crippen LogP contribution in [-0.2, 0) is 9.05 Å². The van der Waals surface area contributed by atoms with E-state index in [1.54, 1.807) is 11.8 Å². The van der Waals surface area contributed by atoms with Gasteiger partial charge in [0.25, 0.3) is 15.0 Å². The third kappa shape index (κ3) is 2.64. The Morgan fingerprint density at radius 3 is 2.47 bits per heavy atom. The highest BCUT2D eigenvalue weighted by molar-refractivity contribution is 8.13. The number of amides is 1. The summed E-state index contributed by atoms with van der Waals surface area (Å²) in [6, 6.07) is 1.38. The Kier molecular flexibility index (Phi) is 3.47. The average Bonchev–Trinajstić information content (AvgIpc) is 2.83. The SMILES string of the molecule is Cc1sc(C(=O)N2CCCC2)cc1S(=O)(=O)Cl. The summed E-state index contributed by atoms with van der Waals surface area (Å²) < 4.78 is 22.5. The molecule has 0 atom stereocenters. The van der Waals surface area contributed by atoms with Crippen LogP contribution in [0.2, 0.25) is 0 Å². The van der Waals surface area contributed by atoms with Gasteiger partial charge in [0.2, 0.25) is 0 Å². The maximum Gasteiger partial charge on any atom is 0.263 e. The summed E-state index contributed by atoms with van der Waals surface area (Å²) in [4.78, 5) is 14.8. The van der Waals surface area contributed by atoms with Gasteiger partial charge >= 0.3 is 0 Å². The molecule has 0 N–H and O–H groups in total. The molecule has 94 valence electrons. The minimum absolute atomic E-state index is 0.0479. The summed E-state index contributed by atoms with van der Waals surface area (Å²) in [5, 5.41) is 0. The van der Waals surface area contributed by atoms with E-state index >= 15 is 0 Å². The molecule has 1 saturated heterocycles. The van der Waals surface area contributed by atoms with Crippen molar-refractivity contribution >= 4 is 37.0 Å². The van der Waals surface area contributed by atoms with E-state index in [-0.39, 0.29) is 10.8 Å². The van der Waals surface area contributed by atoms with Crippen LogP contribution in [0.4, 0.5) is 0 Å². The fourth-order valence-corrected chi connectivity index (χ4v) is 4.52. The first-order valence-corrected chi connectivity index (χ1v) is 8.36. The Morgan fingerprint density at radius 1 is 1.41 bits per heavy atom. The van der Waals surface area contributed by atoms with Gasteiger partial charge in [0.05, 0.1) is 9.77 Å². The molecule has 1 aliphatic heterocycles. The molecule has 4 nitrogen and oxygen atoms in total. The molecule has 0 radical (unpaired) electrons. The Morgan fingerprint density at radius 2 is 2.00 bits per heavy atom. The predicted octanol–water partition coefficient (Wildman–Crippen LogP) is 2.22. The third-order valence-electron chi connectivity index (χ3n) is 2.74. The molecular formula is C10H12ClNO3S2. The van der Waals surface area contributed by atoms with Crippen LogP contribution in [0, 0.1) is 6.92 Å². The summed E-state index contributed by atoms with van der Waals surface area (Å²) in [7, 11) is 1.54. The Balaban J connectivity index is 2.31. The molecule has 1 aromatic rings. The van der Waals surface area contributed by atoms with Gasteiger partial charge in [-0.05, 0) is 25.8 Å². The topological polar surface area (TPSA) is 54.5 Å². The van der Waals surface area contributed by atoms with E-state index < -0.39 is 9.05 Å². The first kappa shape index (κ1) is 12.9. The number of carbonyl (C=O) groups excluding carboxylic acids is 1. The van der Waals surface area contributed by atoms with Crippen LogP contribution >= 0.6 is 22.0 Å². The second-order valence-corrected chi connectivity index (χ2v) is 7.76. The Labute approximate surface area is 109 Å². The van der Waals surface area contributed by atoms with E-state index in [0.29, 0.717) is 9.75 Å². The fraction of sp³-hybridized carbons (Fsp3) is 0.500. The van der Waals surface area contributed by atoms with E-state index in [1.165, 1.54) is 17.4 Å². The van der Waals surface area contributed by atoms with Crippen molar-refractivity contribution in [3.05, 3.63) is 15.8 Å². The minimum atomic E-state index is -3.76. The van der Waals surface area contributed by atoms with Crippen LogP contribution in [0.3, 0.4) is 0 Å². The van der Waals surface area contributed by atoms with Gasteiger partial charge in [-0.1, -0.05) is 0 Å². The lowest BCUT2D eigenvalue weighted by atomic mass is 10.4. The van der Waals surface area contributed by atoms with Crippen molar-refractivity contribution < 1.29 is 13.2 Å². The van der Waals surface area contributed by atoms with Crippen LogP contribution in [0.1, 0.15) is 27.4 Å². The maximum absolute atomic E-state index is 12.0. The van der Waals surface area contributed by atoms with Gasteiger partial charge in [0, 0.05) is 28.6 Å². The molecule has 7 heteroatoms. The molecule has 1 amide bonds. The van der Waals surface area contributed by atoms with Crippen molar-refractivity contribution in [2.45, 2.75) is 24.7 Å². The van der Waals surface area contributed by atoms with E-state index in [2.05, 4.69) is 0 Å². The molecule has 0 bridgehead atoms. The van der Waals surface area contributed by atoms with Crippen LogP contribution in [-0.4, -0.2) is 32.3 Å². The molecule has 1 fully saturated rings. The van der Waals surface area contributed by atoms with Gasteiger partial charge in [-0.2, -0.15) is 0 Å². The minimum Gasteiger partial charge on any atom is -0.338 e. The predicted molar refractivity (Wildman–Crippen MR) is 67.2 cm³/mol. The number of nitrogens with zero attached hydrogens (tertiary/aromatic N) is 1. The normalized spacial score (nSPS) is 16.5. The first-order chi connectivity index (χ1) is 7.89. The maximum atomic E-state index is 12.0. The van der Waals surface area contributed by atoms with Crippen LogP contribution in [0.5, 0.6) is 0 Å². The third-order valence-corrected chi connectivity index (χ3v) is 5.35. The lowest BCUT2D eigenvalue weighted by Gasteiger charge is -2.13. The highest BCUT2D eigenvalue weighted by Crippen LogP contribution is 2.29. The van der Waals surface area contributed by atoms with Crippen molar-refractivity contribution in [1.82, 2.24) is 4.90 Å². The summed E-state index contributed by atoms with van der Waals surface area (Å²) >= 11 is 1.18. The number of likely N-dealkylation sites (tertiary alicyclic amines) is 1. The number of hydrogen-bond donors (Lipinski definition) is 0. The zero-order chi connectivity index (χ0) is 12.6. The van der Waals surface area contributed by atoms with Gasteiger partial charge in [0.1, 0.15) is 0 Å². The fourth-order valence-electron chi connectivity index (χ4n) is 1.89. The number of carbonyl (C=O) groups is 1. The van der Waals surface area contributed by atoms with Gasteiger partial charge in [-0.3, -0.25) is 4.79 Å². The number of rotatable bonds is 2. The van der Waals surface area contributed by atoms with Crippen molar-refractivity contribution in [2.24, 2.45) is 0 Å². The van der Waals surface area contributed by atoms with Crippen molar-refractivity contribution in [3.8, 4) is 0 Å². The van der Waals surface area contributed by atoms with E-state index in [1.807, 2.05) is 0 Å². The van der Waals surface area contributed by atoms with Crippen LogP contribution < -0.4 is 0 Å². The second-order valence-electron chi connectivity index (χ2n) is 3.97. The molecular weight excluding hydrogens is 282 g/mol. The molecule has 0 saturated carbocycles. The molecule has 0 aliphatic carbocycles. The lowest BCUT2D eigenvalue weighted by molar-refractivity contribution is 0.0797. The molecule has 2 rings (SSSR count). The second kappa shape index (κ2) is 4.59. The lowest BCUT2D eigenvalue weighted by Crippen LogP contribution is -2.26. The quantitative estimate of drug-likeness (QED) is 0.786. The molecule has 2 heterocycles. The van der Waals surface area contributed by atoms with Gasteiger partial charge in [0.15, 0.2) is 0 Å². The number of aryl methyl sites for hydroxylation is 1. The van der Waals surface area contributed by atoms with Gasteiger partial charge in [-0.15, -0.1) is 11.3 Å². The number of halogens is 1. The monoisotopic (exact) mass is 293 g/mol. The Bertz CT molecular complexity index is 544. The zero-order valence-corrected chi connectivity index (χ0v) is 11.7. The highest BCUT2D eigenvalue weighted by Gasteiger charge is 2.24. The molecule has 0 spiro atoms. The molecule has 1 aliphatic rings. The smallest absolute Gasteiger partial charge is 0.263 e. The number of thiophene rings is 1. The number of hydrogen-bond acceptors (Lipinski definition) is 4. The van der Waals surface area contributed by atoms with Crippen molar-refractivity contribution in [3.63, 3.8) is 0 Å². The zero-order valence-electron chi connectivity index (χ0n) is 9.27. The largest absolute Gasteiger partial charge is 0.338 e. The summed E-state index contributed by atoms with van der Waals surface area (Å²) in [6.45, 7) is 3.15. The van der Waals surface area contributed by atoms with Crippen molar-refractivity contribution in [2.75, 3.05) is 13.1 Å². The first-order valence-electron chi connectivity index (χ1n) is 5.24. The summed E-state index contributed by atoms with van der Waals surface area (Å²) in [5.41, 5.74) is 0. The molecule has 0 aromatic carbocycles. The molecule has 0 unspecified atom stereocenters. The van der Waals surface area contributed by atoms with E-state index in [0.717, 1.165) is 25.9 Å². The summed E-state index contributed by atoms with van der Waals surface area (Å²) in [5.74, 6) is -0.0952. The van der Waals surface area contributed by atoms with Gasteiger partial charge in [-0.25, -0.2) is 8.42 Å². The van der Waals surface area contributed by atoms with E-state index in [4.69, 9.17) is 10.7 Å². The van der Waals surface area contributed by atoms with Crippen LogP contribution in [0.15, 0.2) is 11.0 Å². The van der Waals surface area contributed by atoms with Gasteiger partial charge < -0.3 is 4.90 Å². The Hall–Kier alpha value is -0.590. The average molecular weight is 294 g/mol. The molecule has 17 heavy (non-hydrogen) atoms. The summed E-state index contributed by atoms with van der Waals surface area (Å²) in [6.07, 6.45) is 2.02.